The zero-order chi connectivity index (χ0) is 22.1. The molecule has 0 aromatic heterocycles. The number of likely N-dealkylation sites (tertiary alicyclic amines) is 1. The van der Waals surface area contributed by atoms with Gasteiger partial charge < -0.3 is 24.6 Å². The number of halogens is 2. The first-order chi connectivity index (χ1) is 14.8. The first-order valence-electron chi connectivity index (χ1n) is 11.6. The van der Waals surface area contributed by atoms with E-state index >= 15 is 0 Å². The number of phenols is 1. The lowest BCUT2D eigenvalue weighted by Gasteiger charge is -2.59. The molecule has 9 heteroatoms. The van der Waals surface area contributed by atoms with Crippen molar-refractivity contribution in [1.82, 2.24) is 10.2 Å². The molecular weight excluding hydrogens is 467 g/mol. The predicted molar refractivity (Wildman–Crippen MR) is 131 cm³/mol. The number of nitrogens with zero attached hydrogens (tertiary/aromatic N) is 1. The maximum absolute atomic E-state index is 12.0. The van der Waals surface area contributed by atoms with Crippen LogP contribution < -0.4 is 14.8 Å². The van der Waals surface area contributed by atoms with E-state index in [1.54, 1.807) is 13.2 Å². The molecule has 0 unspecified atom stereocenters. The highest BCUT2D eigenvalue weighted by Crippen LogP contribution is 2.65. The minimum Gasteiger partial charge on any atom is -0.504 e. The third kappa shape index (κ3) is 3.76. The molecule has 2 aliphatic carbocycles. The Labute approximate surface area is 208 Å². The fraction of sp³-hybridized carbons (Fsp3) is 0.708. The zero-order valence-corrected chi connectivity index (χ0v) is 21.3. The lowest BCUT2D eigenvalue weighted by atomic mass is 9.51. The third-order valence-corrected chi connectivity index (χ3v) is 8.32. The number of hydrogen-bond donors (Lipinski definition) is 3. The fourth-order valence-corrected chi connectivity index (χ4v) is 7.11. The van der Waals surface area contributed by atoms with Gasteiger partial charge in [0.25, 0.3) is 0 Å². The van der Waals surface area contributed by atoms with E-state index in [9.17, 15) is 15.0 Å². The number of nitrogens with one attached hydrogen (secondary N) is 1. The van der Waals surface area contributed by atoms with E-state index in [4.69, 9.17) is 9.47 Å². The van der Waals surface area contributed by atoms with Gasteiger partial charge in [-0.2, -0.15) is 0 Å². The molecule has 1 aromatic carbocycles. The maximum atomic E-state index is 12.0. The van der Waals surface area contributed by atoms with Crippen LogP contribution in [-0.4, -0.2) is 66.0 Å². The number of aromatic hydroxyl groups is 1. The second-order valence-corrected chi connectivity index (χ2v) is 10.3. The molecule has 1 saturated heterocycles. The number of carboxylic acids is 1. The Morgan fingerprint density at radius 2 is 2.09 bits per heavy atom. The van der Waals surface area contributed by atoms with Gasteiger partial charge in [-0.25, -0.2) is 0 Å². The topological polar surface area (TPSA) is 91.3 Å². The minimum absolute atomic E-state index is 0. The summed E-state index contributed by atoms with van der Waals surface area (Å²) in [5, 5.41) is 24.1. The Morgan fingerprint density at radius 3 is 2.73 bits per heavy atom. The molecule has 0 amide bonds. The molecule has 1 saturated carbocycles. The van der Waals surface area contributed by atoms with E-state index in [-0.39, 0.29) is 54.0 Å². The Morgan fingerprint density at radius 1 is 1.36 bits per heavy atom. The average Bonchev–Trinajstić information content (AvgIpc) is 3.07. The van der Waals surface area contributed by atoms with Crippen LogP contribution in [0.25, 0.3) is 0 Å². The van der Waals surface area contributed by atoms with Crippen molar-refractivity contribution in [2.45, 2.75) is 75.6 Å². The number of phenolic OH excluding ortho intramolecular Hbond substituents is 1. The van der Waals surface area contributed by atoms with E-state index in [0.717, 1.165) is 49.1 Å². The van der Waals surface area contributed by atoms with Crippen molar-refractivity contribution in [2.24, 2.45) is 11.8 Å². The van der Waals surface area contributed by atoms with Gasteiger partial charge in [-0.05, 0) is 57.5 Å². The highest BCUT2D eigenvalue weighted by molar-refractivity contribution is 5.85. The van der Waals surface area contributed by atoms with Crippen LogP contribution in [0.2, 0.25) is 0 Å². The summed E-state index contributed by atoms with van der Waals surface area (Å²) in [6.45, 7) is 5.07. The second-order valence-electron chi connectivity index (χ2n) is 10.3. The molecule has 3 N–H and O–H groups in total. The molecule has 2 fully saturated rings. The molecule has 1 aromatic rings. The number of hydrogen-bond acceptors (Lipinski definition) is 6. The maximum Gasteiger partial charge on any atom is 0.320 e. The third-order valence-electron chi connectivity index (χ3n) is 8.32. The summed E-state index contributed by atoms with van der Waals surface area (Å²) in [7, 11) is 3.86. The van der Waals surface area contributed by atoms with Crippen LogP contribution >= 0.6 is 24.8 Å². The van der Waals surface area contributed by atoms with Gasteiger partial charge in [-0.3, -0.25) is 10.1 Å². The van der Waals surface area contributed by atoms with Crippen molar-refractivity contribution >= 4 is 30.8 Å². The van der Waals surface area contributed by atoms with Crippen LogP contribution in [0.5, 0.6) is 17.2 Å². The quantitative estimate of drug-likeness (QED) is 0.549. The molecule has 0 radical (unpaired) electrons. The Kier molecular flexibility index (Phi) is 7.40. The van der Waals surface area contributed by atoms with Gasteiger partial charge in [0.05, 0.1) is 7.11 Å². The molecule has 2 bridgehead atoms. The molecule has 2 heterocycles. The SMILES string of the molecule is COc1cc(O)c2c3c1C[C@@H]1[C@@H]4CC[C@H](N[C@@H](CC(C)C)C(=O)O)[C@H](O2)[C@]34CCN1C.Cl.Cl. The number of carboxylic acid groups (broad SMARTS) is 1. The lowest BCUT2D eigenvalue weighted by molar-refractivity contribution is -0.141. The van der Waals surface area contributed by atoms with Crippen LogP contribution in [0.1, 0.15) is 50.7 Å². The van der Waals surface area contributed by atoms with Gasteiger partial charge in [0.2, 0.25) is 0 Å². The van der Waals surface area contributed by atoms with Crippen LogP contribution in [0.4, 0.5) is 0 Å². The number of rotatable bonds is 6. The molecule has 6 atom stereocenters. The number of likely N-dealkylation sites (N-methyl/N-ethyl adjacent to an activating group) is 1. The summed E-state index contributed by atoms with van der Waals surface area (Å²) in [6.07, 6.45) is 4.15. The smallest absolute Gasteiger partial charge is 0.320 e. The first kappa shape index (κ1) is 26.2. The number of benzene rings is 1. The number of carbonyl (C=O) groups is 1. The van der Waals surface area contributed by atoms with Crippen LogP contribution in [-0.2, 0) is 16.6 Å². The second kappa shape index (κ2) is 9.33. The van der Waals surface area contributed by atoms with E-state index in [1.165, 1.54) is 0 Å². The van der Waals surface area contributed by atoms with Crippen molar-refractivity contribution in [3.05, 3.63) is 17.2 Å². The van der Waals surface area contributed by atoms with Gasteiger partial charge in [-0.15, -0.1) is 24.8 Å². The van der Waals surface area contributed by atoms with Crippen LogP contribution in [0.15, 0.2) is 6.07 Å². The van der Waals surface area contributed by atoms with Crippen molar-refractivity contribution < 1.29 is 24.5 Å². The van der Waals surface area contributed by atoms with Crippen molar-refractivity contribution in [2.75, 3.05) is 20.7 Å². The summed E-state index contributed by atoms with van der Waals surface area (Å²) in [4.78, 5) is 14.4. The molecule has 4 aliphatic rings. The molecule has 5 rings (SSSR count). The minimum atomic E-state index is -0.807. The standard InChI is InChI=1S/C24H34N2O5.2ClH/c1-12(2)9-16(23(28)29)25-15-6-5-14-17-10-13-19(30-4)11-18(27)21-20(13)24(14,22(15)31-21)7-8-26(17)3;;/h11-12,14-17,22,25,27H,5-10H2,1-4H3,(H,28,29);2*1H/t14-,15-,16-,17+,22-,24-;;/m0../s1. The molecule has 1 spiro atoms. The fourth-order valence-electron chi connectivity index (χ4n) is 7.11. The van der Waals surface area contributed by atoms with Crippen molar-refractivity contribution in [3.8, 4) is 17.2 Å². The van der Waals surface area contributed by atoms with Gasteiger partial charge in [0.1, 0.15) is 17.9 Å². The molecule has 2 aliphatic heterocycles. The monoisotopic (exact) mass is 502 g/mol. The lowest BCUT2D eigenvalue weighted by Crippen LogP contribution is -2.68. The van der Waals surface area contributed by atoms with E-state index in [0.29, 0.717) is 24.1 Å². The number of piperidine rings is 1. The summed E-state index contributed by atoms with van der Waals surface area (Å²) >= 11 is 0. The largest absolute Gasteiger partial charge is 0.504 e. The average molecular weight is 503 g/mol. The highest BCUT2D eigenvalue weighted by Gasteiger charge is 2.66. The summed E-state index contributed by atoms with van der Waals surface area (Å²) < 4.78 is 12.2. The highest BCUT2D eigenvalue weighted by atomic mass is 35.5. The summed E-state index contributed by atoms with van der Waals surface area (Å²) in [5.41, 5.74) is 2.08. The van der Waals surface area contributed by atoms with Crippen LogP contribution in [0.3, 0.4) is 0 Å². The molecule has 186 valence electrons. The van der Waals surface area contributed by atoms with Crippen molar-refractivity contribution in [1.29, 1.82) is 0 Å². The summed E-state index contributed by atoms with van der Waals surface area (Å²) in [5.74, 6) is 1.37. The zero-order valence-electron chi connectivity index (χ0n) is 19.7. The van der Waals surface area contributed by atoms with Gasteiger partial charge in [0, 0.05) is 34.7 Å². The molecule has 33 heavy (non-hydrogen) atoms. The molecular formula is C24H36Cl2N2O5. The number of methoxy groups -OCH3 is 1. The van der Waals surface area contributed by atoms with Gasteiger partial charge in [-0.1, -0.05) is 13.8 Å². The number of ether oxygens (including phenoxy) is 2. The van der Waals surface area contributed by atoms with Gasteiger partial charge >= 0.3 is 5.97 Å². The van der Waals surface area contributed by atoms with E-state index in [2.05, 4.69) is 31.1 Å². The summed E-state index contributed by atoms with van der Waals surface area (Å²) in [6, 6.07) is 1.42. The predicted octanol–water partition coefficient (Wildman–Crippen LogP) is 3.37. The molecule has 7 nitrogen and oxygen atoms in total. The number of aliphatic carboxylic acids is 1. The van der Waals surface area contributed by atoms with E-state index < -0.39 is 12.0 Å². The Bertz CT molecular complexity index is 913. The van der Waals surface area contributed by atoms with Crippen molar-refractivity contribution in [3.63, 3.8) is 0 Å². The first-order valence-corrected chi connectivity index (χ1v) is 11.6. The van der Waals surface area contributed by atoms with Gasteiger partial charge in [0.15, 0.2) is 11.5 Å². The van der Waals surface area contributed by atoms with E-state index in [1.807, 2.05) is 0 Å². The Hall–Kier alpha value is -1.41. The normalized spacial score (nSPS) is 32.2. The van der Waals surface area contributed by atoms with Crippen LogP contribution in [0, 0.1) is 11.8 Å². The Balaban J connectivity index is 0.00000153.